The van der Waals surface area contributed by atoms with E-state index in [1.54, 1.807) is 0 Å². The number of carbonyl (C=O) groups is 1. The van der Waals surface area contributed by atoms with Gasteiger partial charge in [0, 0.05) is 44.3 Å². The molecule has 1 amide bonds. The van der Waals surface area contributed by atoms with Crippen molar-refractivity contribution < 1.29 is 9.32 Å². The number of aromatic nitrogens is 2. The average molecular weight is 436 g/mol. The maximum Gasteiger partial charge on any atom is 0.259 e. The summed E-state index contributed by atoms with van der Waals surface area (Å²) >= 11 is 0. The van der Waals surface area contributed by atoms with Gasteiger partial charge < -0.3 is 20.1 Å². The largest absolute Gasteiger partial charge is 0.352 e. The van der Waals surface area contributed by atoms with Crippen molar-refractivity contribution >= 4 is 29.4 Å². The molecule has 0 atom stereocenters. The zero-order valence-corrected chi connectivity index (χ0v) is 19.1. The first-order valence-electron chi connectivity index (χ1n) is 10.9. The van der Waals surface area contributed by atoms with Gasteiger partial charge in [0.2, 0.25) is 0 Å². The lowest BCUT2D eigenvalue weighted by Gasteiger charge is -2.27. The van der Waals surface area contributed by atoms with E-state index in [0.29, 0.717) is 23.7 Å². The molecule has 2 aromatic heterocycles. The van der Waals surface area contributed by atoms with Crippen LogP contribution in [0.25, 0.3) is 11.1 Å². The third kappa shape index (κ3) is 5.71. The fraction of sp³-hybridized carbons (Fsp3) is 0.682. The molecule has 0 radical (unpaired) electrons. The van der Waals surface area contributed by atoms with Crippen molar-refractivity contribution in [3.8, 4) is 0 Å². The van der Waals surface area contributed by atoms with E-state index < -0.39 is 0 Å². The van der Waals surface area contributed by atoms with Gasteiger partial charge in [0.05, 0.1) is 16.6 Å². The Balaban J connectivity index is 0.00000256. The van der Waals surface area contributed by atoms with Gasteiger partial charge in [-0.25, -0.2) is 4.98 Å². The number of pyridine rings is 1. The monoisotopic (exact) mass is 435 g/mol. The van der Waals surface area contributed by atoms with E-state index in [0.717, 1.165) is 75.2 Å². The van der Waals surface area contributed by atoms with E-state index in [9.17, 15) is 4.79 Å². The number of nitrogens with zero attached hydrogens (tertiary/aromatic N) is 3. The molecule has 0 bridgehead atoms. The highest BCUT2D eigenvalue weighted by molar-refractivity contribution is 6.06. The van der Waals surface area contributed by atoms with Gasteiger partial charge in [0.1, 0.15) is 0 Å². The zero-order chi connectivity index (χ0) is 20.4. The number of piperazine rings is 1. The van der Waals surface area contributed by atoms with E-state index in [-0.39, 0.29) is 23.7 Å². The maximum absolute atomic E-state index is 13.1. The predicted molar refractivity (Wildman–Crippen MR) is 120 cm³/mol. The molecule has 166 valence electrons. The molecule has 3 heterocycles. The van der Waals surface area contributed by atoms with Gasteiger partial charge >= 0.3 is 0 Å². The fourth-order valence-corrected chi connectivity index (χ4v) is 3.95. The summed E-state index contributed by atoms with van der Waals surface area (Å²) in [6.07, 6.45) is 3.96. The molecule has 1 saturated carbocycles. The minimum absolute atomic E-state index is 0. The van der Waals surface area contributed by atoms with Crippen LogP contribution in [-0.4, -0.2) is 60.2 Å². The number of hydrogen-bond donors (Lipinski definition) is 2. The summed E-state index contributed by atoms with van der Waals surface area (Å²) in [4.78, 5) is 20.2. The highest BCUT2D eigenvalue weighted by Gasteiger charge is 2.29. The molecule has 2 fully saturated rings. The van der Waals surface area contributed by atoms with E-state index in [4.69, 9.17) is 4.52 Å². The number of carbonyl (C=O) groups excluding carboxylic acids is 1. The Morgan fingerprint density at radius 3 is 2.70 bits per heavy atom. The maximum atomic E-state index is 13.1. The van der Waals surface area contributed by atoms with Gasteiger partial charge in [-0.15, -0.1) is 12.4 Å². The molecular weight excluding hydrogens is 402 g/mol. The van der Waals surface area contributed by atoms with Gasteiger partial charge in [0.25, 0.3) is 11.6 Å². The summed E-state index contributed by atoms with van der Waals surface area (Å²) in [6, 6.07) is 1.97. The molecule has 1 aliphatic carbocycles. The smallest absolute Gasteiger partial charge is 0.259 e. The summed E-state index contributed by atoms with van der Waals surface area (Å²) in [5.41, 5.74) is 3.00. The SMILES string of the molecule is CC(C)(C)Cc1noc2nc(C3CC3)cc(C(=O)NCCCN3CCNCC3)c12.Cl. The van der Waals surface area contributed by atoms with Crippen molar-refractivity contribution in [1.29, 1.82) is 0 Å². The highest BCUT2D eigenvalue weighted by Crippen LogP contribution is 2.40. The first kappa shape index (κ1) is 23.0. The molecule has 0 aromatic carbocycles. The van der Waals surface area contributed by atoms with E-state index in [1.807, 2.05) is 6.07 Å². The Bertz CT molecular complexity index is 866. The van der Waals surface area contributed by atoms with Gasteiger partial charge in [-0.2, -0.15) is 0 Å². The van der Waals surface area contributed by atoms with Crippen molar-refractivity contribution in [2.75, 3.05) is 39.3 Å². The van der Waals surface area contributed by atoms with Crippen LogP contribution in [0.5, 0.6) is 0 Å². The topological polar surface area (TPSA) is 83.3 Å². The number of halogens is 1. The predicted octanol–water partition coefficient (Wildman–Crippen LogP) is 3.14. The Hall–Kier alpha value is -1.70. The summed E-state index contributed by atoms with van der Waals surface area (Å²) < 4.78 is 5.56. The number of fused-ring (bicyclic) bond motifs is 1. The van der Waals surface area contributed by atoms with Gasteiger partial charge in [0.15, 0.2) is 0 Å². The van der Waals surface area contributed by atoms with Crippen LogP contribution in [0.15, 0.2) is 10.6 Å². The van der Waals surface area contributed by atoms with Crippen molar-refractivity contribution in [2.45, 2.75) is 52.4 Å². The van der Waals surface area contributed by atoms with Crippen LogP contribution in [-0.2, 0) is 6.42 Å². The lowest BCUT2D eigenvalue weighted by atomic mass is 9.89. The van der Waals surface area contributed by atoms with Crippen LogP contribution < -0.4 is 10.6 Å². The van der Waals surface area contributed by atoms with Crippen LogP contribution in [0.2, 0.25) is 0 Å². The van der Waals surface area contributed by atoms with Crippen molar-refractivity contribution in [2.24, 2.45) is 5.41 Å². The molecular formula is C22H34ClN5O2. The second-order valence-corrected chi connectivity index (χ2v) is 9.62. The molecule has 2 aliphatic rings. The van der Waals surface area contributed by atoms with Crippen LogP contribution in [0.4, 0.5) is 0 Å². The minimum Gasteiger partial charge on any atom is -0.352 e. The van der Waals surface area contributed by atoms with Crippen molar-refractivity contribution in [3.63, 3.8) is 0 Å². The van der Waals surface area contributed by atoms with Crippen LogP contribution in [0.1, 0.15) is 67.7 Å². The molecule has 1 aliphatic heterocycles. The summed E-state index contributed by atoms with van der Waals surface area (Å²) in [6.45, 7) is 12.4. The lowest BCUT2D eigenvalue weighted by Crippen LogP contribution is -2.44. The molecule has 30 heavy (non-hydrogen) atoms. The van der Waals surface area contributed by atoms with E-state index >= 15 is 0 Å². The Morgan fingerprint density at radius 1 is 1.30 bits per heavy atom. The molecule has 8 heteroatoms. The van der Waals surface area contributed by atoms with Crippen LogP contribution in [0, 0.1) is 5.41 Å². The van der Waals surface area contributed by atoms with Gasteiger partial charge in [-0.3, -0.25) is 4.79 Å². The first-order chi connectivity index (χ1) is 13.9. The Kier molecular flexibility index (Phi) is 7.37. The Labute approximate surface area is 184 Å². The lowest BCUT2D eigenvalue weighted by molar-refractivity contribution is 0.0952. The molecule has 2 aromatic rings. The van der Waals surface area contributed by atoms with Crippen LogP contribution in [0.3, 0.4) is 0 Å². The summed E-state index contributed by atoms with van der Waals surface area (Å²) in [5.74, 6) is 0.410. The second-order valence-electron chi connectivity index (χ2n) is 9.62. The average Bonchev–Trinajstić information content (AvgIpc) is 3.47. The van der Waals surface area contributed by atoms with Gasteiger partial charge in [-0.05, 0) is 43.7 Å². The third-order valence-electron chi connectivity index (χ3n) is 5.62. The molecule has 7 nitrogen and oxygen atoms in total. The molecule has 0 unspecified atom stereocenters. The fourth-order valence-electron chi connectivity index (χ4n) is 3.95. The second kappa shape index (κ2) is 9.62. The number of nitrogens with one attached hydrogen (secondary N) is 2. The van der Waals surface area contributed by atoms with Crippen LogP contribution >= 0.6 is 12.4 Å². The summed E-state index contributed by atoms with van der Waals surface area (Å²) in [7, 11) is 0. The number of hydrogen-bond acceptors (Lipinski definition) is 6. The molecule has 0 spiro atoms. The standard InChI is InChI=1S/C22H33N5O2.ClH/c1-22(2,3)14-18-19-16(13-17(15-5-6-15)25-21(19)29-26-18)20(28)24-7-4-10-27-11-8-23-9-12-27;/h13,15,23H,4-12,14H2,1-3H3,(H,24,28);1H. The van der Waals surface area contributed by atoms with E-state index in [2.05, 4.69) is 46.4 Å². The third-order valence-corrected chi connectivity index (χ3v) is 5.62. The molecule has 1 saturated heterocycles. The van der Waals surface area contributed by atoms with Crippen molar-refractivity contribution in [3.05, 3.63) is 23.0 Å². The molecule has 2 N–H and O–H groups in total. The summed E-state index contributed by atoms with van der Waals surface area (Å²) in [5, 5.41) is 11.5. The first-order valence-corrected chi connectivity index (χ1v) is 10.9. The Morgan fingerprint density at radius 2 is 2.03 bits per heavy atom. The number of rotatable bonds is 7. The quantitative estimate of drug-likeness (QED) is 0.650. The number of amides is 1. The zero-order valence-electron chi connectivity index (χ0n) is 18.3. The van der Waals surface area contributed by atoms with Gasteiger partial charge in [-0.1, -0.05) is 25.9 Å². The molecule has 4 rings (SSSR count). The van der Waals surface area contributed by atoms with E-state index in [1.165, 1.54) is 0 Å². The normalized spacial score (nSPS) is 17.7. The minimum atomic E-state index is -0.0435. The van der Waals surface area contributed by atoms with Crippen molar-refractivity contribution in [1.82, 2.24) is 25.7 Å². The highest BCUT2D eigenvalue weighted by atomic mass is 35.5.